The molecule has 0 bridgehead atoms. The third-order valence-corrected chi connectivity index (χ3v) is 4.41. The van der Waals surface area contributed by atoms with Gasteiger partial charge in [0.25, 0.3) is 0 Å². The molecule has 0 atom stereocenters. The van der Waals surface area contributed by atoms with Crippen molar-refractivity contribution in [1.82, 2.24) is 4.98 Å². The number of hydrogen-bond acceptors (Lipinski definition) is 4. The Labute approximate surface area is 183 Å². The van der Waals surface area contributed by atoms with E-state index in [1.54, 1.807) is 45.2 Å². The standard InChI is InChI=1S/C23H23F3N4O2/c1-22(2,3)32-21(31)30-20-13-29-19-9-4-14(10-18(19)20)15(11-27)12-28-17-7-5-16(6-8-17)23(24,25)26/h4-13,27-29H,1-3H3,(H,30,31)/b15-12+,27-11?. The van der Waals surface area contributed by atoms with E-state index in [0.29, 0.717) is 22.5 Å². The van der Waals surface area contributed by atoms with Crippen LogP contribution in [0, 0.1) is 5.41 Å². The van der Waals surface area contributed by atoms with Gasteiger partial charge in [0.1, 0.15) is 5.60 Å². The zero-order valence-corrected chi connectivity index (χ0v) is 17.7. The molecule has 6 nitrogen and oxygen atoms in total. The summed E-state index contributed by atoms with van der Waals surface area (Å²) in [6.07, 6.45) is -0.676. The zero-order chi connectivity index (χ0) is 23.5. The number of fused-ring (bicyclic) bond motifs is 1. The van der Waals surface area contributed by atoms with Gasteiger partial charge in [0.05, 0.1) is 11.3 Å². The molecular formula is C23H23F3N4O2. The smallest absolute Gasteiger partial charge is 0.416 e. The maximum Gasteiger partial charge on any atom is 0.416 e. The number of nitrogens with one attached hydrogen (secondary N) is 4. The molecule has 168 valence electrons. The Bertz CT molecular complexity index is 1160. The number of benzene rings is 2. The van der Waals surface area contributed by atoms with Gasteiger partial charge >= 0.3 is 12.3 Å². The summed E-state index contributed by atoms with van der Waals surface area (Å²) in [4.78, 5) is 15.2. The van der Waals surface area contributed by atoms with Crippen molar-refractivity contribution < 1.29 is 22.7 Å². The van der Waals surface area contributed by atoms with Gasteiger partial charge in [-0.3, -0.25) is 5.32 Å². The quantitative estimate of drug-likeness (QED) is 0.333. The topological polar surface area (TPSA) is 90.0 Å². The Morgan fingerprint density at radius 3 is 2.38 bits per heavy atom. The van der Waals surface area contributed by atoms with Gasteiger partial charge < -0.3 is 20.4 Å². The van der Waals surface area contributed by atoms with Gasteiger partial charge in [0.2, 0.25) is 0 Å². The van der Waals surface area contributed by atoms with Crippen LogP contribution in [0.4, 0.5) is 29.3 Å². The van der Waals surface area contributed by atoms with Crippen LogP contribution in [0.25, 0.3) is 16.5 Å². The largest absolute Gasteiger partial charge is 0.444 e. The molecule has 0 aliphatic heterocycles. The molecule has 3 aromatic rings. The fraction of sp³-hybridized carbons (Fsp3) is 0.217. The minimum Gasteiger partial charge on any atom is -0.444 e. The Balaban J connectivity index is 1.82. The van der Waals surface area contributed by atoms with Crippen molar-refractivity contribution in [3.05, 3.63) is 66.0 Å². The van der Waals surface area contributed by atoms with Gasteiger partial charge in [0, 0.05) is 40.8 Å². The molecule has 1 heterocycles. The summed E-state index contributed by atoms with van der Waals surface area (Å²) in [6, 6.07) is 10.0. The summed E-state index contributed by atoms with van der Waals surface area (Å²) in [5, 5.41) is 14.1. The molecule has 3 rings (SSSR count). The van der Waals surface area contributed by atoms with Crippen LogP contribution in [0.5, 0.6) is 0 Å². The number of ether oxygens (including phenoxy) is 1. The van der Waals surface area contributed by atoms with E-state index in [-0.39, 0.29) is 0 Å². The van der Waals surface area contributed by atoms with Crippen LogP contribution in [0.3, 0.4) is 0 Å². The molecule has 0 unspecified atom stereocenters. The van der Waals surface area contributed by atoms with E-state index in [4.69, 9.17) is 10.1 Å². The van der Waals surface area contributed by atoms with Crippen molar-refractivity contribution in [3.8, 4) is 0 Å². The summed E-state index contributed by atoms with van der Waals surface area (Å²) in [6.45, 7) is 5.31. The van der Waals surface area contributed by atoms with Crippen molar-refractivity contribution >= 4 is 40.2 Å². The first-order valence-electron chi connectivity index (χ1n) is 9.72. The average Bonchev–Trinajstić information content (AvgIpc) is 3.09. The van der Waals surface area contributed by atoms with Crippen LogP contribution < -0.4 is 10.6 Å². The molecule has 0 aliphatic rings. The van der Waals surface area contributed by atoms with E-state index < -0.39 is 23.4 Å². The summed E-state index contributed by atoms with van der Waals surface area (Å²) in [7, 11) is 0. The number of alkyl halides is 3. The number of aromatic amines is 1. The highest BCUT2D eigenvalue weighted by Crippen LogP contribution is 2.30. The molecule has 1 aromatic heterocycles. The Morgan fingerprint density at radius 2 is 1.78 bits per heavy atom. The number of aromatic nitrogens is 1. The van der Waals surface area contributed by atoms with Crippen molar-refractivity contribution in [3.63, 3.8) is 0 Å². The third kappa shape index (κ3) is 5.69. The molecule has 0 fully saturated rings. The van der Waals surface area contributed by atoms with Gasteiger partial charge in [-0.15, -0.1) is 0 Å². The second-order valence-corrected chi connectivity index (χ2v) is 8.05. The summed E-state index contributed by atoms with van der Waals surface area (Å²) in [5.74, 6) is 0. The predicted octanol–water partition coefficient (Wildman–Crippen LogP) is 6.64. The Kier molecular flexibility index (Phi) is 6.29. The van der Waals surface area contributed by atoms with E-state index in [1.807, 2.05) is 0 Å². The maximum absolute atomic E-state index is 12.7. The number of anilines is 2. The van der Waals surface area contributed by atoms with Gasteiger partial charge in [-0.25, -0.2) is 4.79 Å². The van der Waals surface area contributed by atoms with Crippen molar-refractivity contribution in [2.75, 3.05) is 10.6 Å². The van der Waals surface area contributed by atoms with Crippen LogP contribution in [-0.2, 0) is 10.9 Å². The summed E-state index contributed by atoms with van der Waals surface area (Å²) >= 11 is 0. The average molecular weight is 444 g/mol. The second kappa shape index (κ2) is 8.78. The first-order chi connectivity index (χ1) is 15.0. The Morgan fingerprint density at radius 1 is 1.09 bits per heavy atom. The van der Waals surface area contributed by atoms with Gasteiger partial charge in [-0.1, -0.05) is 6.07 Å². The first kappa shape index (κ1) is 22.9. The van der Waals surface area contributed by atoms with Crippen molar-refractivity contribution in [2.45, 2.75) is 32.5 Å². The van der Waals surface area contributed by atoms with E-state index in [0.717, 1.165) is 29.3 Å². The summed E-state index contributed by atoms with van der Waals surface area (Å²) < 4.78 is 43.4. The monoisotopic (exact) mass is 444 g/mol. The first-order valence-corrected chi connectivity index (χ1v) is 9.72. The highest BCUT2D eigenvalue weighted by atomic mass is 19.4. The Hall–Kier alpha value is -3.75. The lowest BCUT2D eigenvalue weighted by molar-refractivity contribution is -0.137. The van der Waals surface area contributed by atoms with Gasteiger partial charge in [-0.2, -0.15) is 13.2 Å². The SMILES string of the molecule is CC(C)(C)OC(=O)Nc1c[nH]c2ccc(/C(C=N)=C/Nc3ccc(C(F)(F)F)cc3)cc12. The molecule has 4 N–H and O–H groups in total. The lowest BCUT2D eigenvalue weighted by Gasteiger charge is -2.19. The fourth-order valence-electron chi connectivity index (χ4n) is 2.94. The number of amides is 1. The molecule has 0 saturated heterocycles. The molecule has 9 heteroatoms. The minimum absolute atomic E-state index is 0.451. The third-order valence-electron chi connectivity index (χ3n) is 4.41. The molecule has 0 spiro atoms. The predicted molar refractivity (Wildman–Crippen MR) is 120 cm³/mol. The van der Waals surface area contributed by atoms with E-state index >= 15 is 0 Å². The second-order valence-electron chi connectivity index (χ2n) is 8.05. The lowest BCUT2D eigenvalue weighted by atomic mass is 10.1. The molecule has 32 heavy (non-hydrogen) atoms. The molecular weight excluding hydrogens is 421 g/mol. The number of carbonyl (C=O) groups is 1. The van der Waals surface area contributed by atoms with Crippen LogP contribution in [0.15, 0.2) is 54.9 Å². The molecule has 0 radical (unpaired) electrons. The molecule has 1 amide bonds. The lowest BCUT2D eigenvalue weighted by Crippen LogP contribution is -2.27. The molecule has 2 aromatic carbocycles. The molecule has 0 saturated carbocycles. The fourth-order valence-corrected chi connectivity index (χ4v) is 2.94. The van der Waals surface area contributed by atoms with Crippen LogP contribution in [0.2, 0.25) is 0 Å². The number of carbonyl (C=O) groups excluding carboxylic acids is 1. The normalized spacial score (nSPS) is 12.5. The van der Waals surface area contributed by atoms with Crippen LogP contribution in [0.1, 0.15) is 31.9 Å². The number of hydrogen-bond donors (Lipinski definition) is 4. The van der Waals surface area contributed by atoms with Crippen LogP contribution >= 0.6 is 0 Å². The van der Waals surface area contributed by atoms with E-state index in [9.17, 15) is 18.0 Å². The zero-order valence-electron chi connectivity index (χ0n) is 17.7. The number of halogens is 3. The number of rotatable bonds is 5. The van der Waals surface area contributed by atoms with Crippen molar-refractivity contribution in [1.29, 1.82) is 5.41 Å². The van der Waals surface area contributed by atoms with E-state index in [1.165, 1.54) is 18.3 Å². The summed E-state index contributed by atoms with van der Waals surface area (Å²) in [5.41, 5.74) is 1.56. The molecule has 0 aliphatic carbocycles. The highest BCUT2D eigenvalue weighted by molar-refractivity contribution is 6.11. The van der Waals surface area contributed by atoms with Gasteiger partial charge in [-0.05, 0) is 62.7 Å². The van der Waals surface area contributed by atoms with Crippen molar-refractivity contribution in [2.24, 2.45) is 0 Å². The minimum atomic E-state index is -4.40. The van der Waals surface area contributed by atoms with Gasteiger partial charge in [0.15, 0.2) is 0 Å². The van der Waals surface area contributed by atoms with E-state index in [2.05, 4.69) is 15.6 Å². The number of allylic oxidation sites excluding steroid dienone is 1. The highest BCUT2D eigenvalue weighted by Gasteiger charge is 2.29. The number of H-pyrrole nitrogens is 1. The maximum atomic E-state index is 12.7. The van der Waals surface area contributed by atoms with Crippen LogP contribution in [-0.4, -0.2) is 22.9 Å².